The molecule has 1 aromatic carbocycles. The Kier molecular flexibility index (Phi) is 8.08. The highest BCUT2D eigenvalue weighted by Gasteiger charge is 2.20. The fraction of sp³-hybridized carbons (Fsp3) is 0.647. The van der Waals surface area contributed by atoms with E-state index in [0.717, 1.165) is 18.7 Å². The van der Waals surface area contributed by atoms with Gasteiger partial charge in [-0.05, 0) is 37.1 Å². The van der Waals surface area contributed by atoms with Gasteiger partial charge in [0.1, 0.15) is 5.75 Å². The number of benzene rings is 1. The predicted molar refractivity (Wildman–Crippen MR) is 90.8 cm³/mol. The molecule has 0 fully saturated rings. The van der Waals surface area contributed by atoms with Gasteiger partial charge in [-0.2, -0.15) is 11.8 Å². The topological polar surface area (TPSA) is 21.3 Å². The second kappa shape index (κ2) is 9.30. The van der Waals surface area contributed by atoms with E-state index in [1.807, 2.05) is 0 Å². The first-order valence-corrected chi connectivity index (χ1v) is 8.59. The number of rotatable bonds is 9. The average Bonchev–Trinajstić information content (AvgIpc) is 2.48. The molecule has 0 bridgehead atoms. The summed E-state index contributed by atoms with van der Waals surface area (Å²) in [6.07, 6.45) is 2.38. The lowest BCUT2D eigenvalue weighted by atomic mass is 10.0. The number of hydrogen-bond acceptors (Lipinski definition) is 3. The van der Waals surface area contributed by atoms with Crippen molar-refractivity contribution in [2.75, 3.05) is 13.7 Å². The van der Waals surface area contributed by atoms with Crippen LogP contribution in [0.15, 0.2) is 24.3 Å². The van der Waals surface area contributed by atoms with Crippen molar-refractivity contribution in [2.24, 2.45) is 0 Å². The van der Waals surface area contributed by atoms with Crippen LogP contribution in [0.4, 0.5) is 0 Å². The largest absolute Gasteiger partial charge is 0.497 e. The zero-order chi connectivity index (χ0) is 15.0. The zero-order valence-electron chi connectivity index (χ0n) is 13.5. The number of methoxy groups -OCH3 is 1. The van der Waals surface area contributed by atoms with E-state index in [1.165, 1.54) is 12.0 Å². The molecule has 1 aromatic rings. The van der Waals surface area contributed by atoms with Gasteiger partial charge in [-0.25, -0.2) is 0 Å². The van der Waals surface area contributed by atoms with Gasteiger partial charge in [0, 0.05) is 16.5 Å². The Morgan fingerprint density at radius 3 is 2.30 bits per heavy atom. The van der Waals surface area contributed by atoms with Gasteiger partial charge in [-0.3, -0.25) is 0 Å². The molecular formula is C17H29NOS. The Labute approximate surface area is 128 Å². The highest BCUT2D eigenvalue weighted by molar-refractivity contribution is 8.00. The second-order valence-electron chi connectivity index (χ2n) is 5.27. The van der Waals surface area contributed by atoms with Gasteiger partial charge in [0.25, 0.3) is 0 Å². The second-order valence-corrected chi connectivity index (χ2v) is 7.09. The molecule has 0 radical (unpaired) electrons. The predicted octanol–water partition coefficient (Wildman–Crippen LogP) is 4.66. The van der Waals surface area contributed by atoms with Crippen LogP contribution in [0.2, 0.25) is 0 Å². The summed E-state index contributed by atoms with van der Waals surface area (Å²) >= 11 is 2.07. The fourth-order valence-corrected chi connectivity index (χ4v) is 3.54. The standard InChI is InChI=1S/C17H29NOS/c1-6-12-18-17(14(4)20-13(3)7-2)15-8-10-16(19-5)11-9-15/h8-11,13-14,17-18H,6-7,12H2,1-5H3. The van der Waals surface area contributed by atoms with Crippen LogP contribution in [0, 0.1) is 0 Å². The number of thioether (sulfide) groups is 1. The number of hydrogen-bond donors (Lipinski definition) is 1. The van der Waals surface area contributed by atoms with Crippen molar-refractivity contribution in [2.45, 2.75) is 57.1 Å². The Bertz CT molecular complexity index is 366. The van der Waals surface area contributed by atoms with Crippen LogP contribution in [0.25, 0.3) is 0 Å². The van der Waals surface area contributed by atoms with Crippen molar-refractivity contribution in [3.05, 3.63) is 29.8 Å². The van der Waals surface area contributed by atoms with Gasteiger partial charge >= 0.3 is 0 Å². The Morgan fingerprint density at radius 1 is 1.15 bits per heavy atom. The molecule has 0 saturated carbocycles. The summed E-state index contributed by atoms with van der Waals surface area (Å²) in [5.74, 6) is 0.922. The molecule has 0 aliphatic carbocycles. The normalized spacial score (nSPS) is 15.7. The zero-order valence-corrected chi connectivity index (χ0v) is 14.3. The molecule has 20 heavy (non-hydrogen) atoms. The van der Waals surface area contributed by atoms with Crippen LogP contribution in [0.5, 0.6) is 5.75 Å². The third-order valence-corrected chi connectivity index (χ3v) is 5.08. The van der Waals surface area contributed by atoms with Crippen molar-refractivity contribution in [1.29, 1.82) is 0 Å². The van der Waals surface area contributed by atoms with Crippen LogP contribution in [0.3, 0.4) is 0 Å². The van der Waals surface area contributed by atoms with Gasteiger partial charge in [0.15, 0.2) is 0 Å². The average molecular weight is 295 g/mol. The first-order valence-electron chi connectivity index (χ1n) is 7.65. The van der Waals surface area contributed by atoms with Gasteiger partial charge in [0.2, 0.25) is 0 Å². The molecule has 0 aliphatic rings. The highest BCUT2D eigenvalue weighted by atomic mass is 32.2. The lowest BCUT2D eigenvalue weighted by Gasteiger charge is -2.27. The van der Waals surface area contributed by atoms with E-state index >= 15 is 0 Å². The van der Waals surface area contributed by atoms with Crippen LogP contribution in [0.1, 0.15) is 52.1 Å². The van der Waals surface area contributed by atoms with E-state index < -0.39 is 0 Å². The third-order valence-electron chi connectivity index (χ3n) is 3.58. The summed E-state index contributed by atoms with van der Waals surface area (Å²) < 4.78 is 5.25. The molecule has 0 spiro atoms. The number of ether oxygens (including phenoxy) is 1. The van der Waals surface area contributed by atoms with Gasteiger partial charge in [-0.15, -0.1) is 0 Å². The molecule has 0 amide bonds. The first kappa shape index (κ1) is 17.4. The van der Waals surface area contributed by atoms with E-state index in [9.17, 15) is 0 Å². The minimum atomic E-state index is 0.403. The van der Waals surface area contributed by atoms with E-state index in [4.69, 9.17) is 4.74 Å². The Morgan fingerprint density at radius 2 is 1.80 bits per heavy atom. The molecule has 3 atom stereocenters. The summed E-state index contributed by atoms with van der Waals surface area (Å²) in [7, 11) is 1.71. The summed E-state index contributed by atoms with van der Waals surface area (Å²) in [4.78, 5) is 0. The van der Waals surface area contributed by atoms with E-state index in [-0.39, 0.29) is 0 Å². The molecule has 114 valence electrons. The first-order chi connectivity index (χ1) is 9.62. The molecule has 0 aromatic heterocycles. The smallest absolute Gasteiger partial charge is 0.118 e. The third kappa shape index (κ3) is 5.37. The van der Waals surface area contributed by atoms with Crippen LogP contribution < -0.4 is 10.1 Å². The molecule has 0 heterocycles. The van der Waals surface area contributed by atoms with Crippen molar-refractivity contribution in [3.63, 3.8) is 0 Å². The van der Waals surface area contributed by atoms with Crippen LogP contribution in [-0.4, -0.2) is 24.2 Å². The maximum atomic E-state index is 5.25. The van der Waals surface area contributed by atoms with E-state index in [1.54, 1.807) is 7.11 Å². The summed E-state index contributed by atoms with van der Waals surface area (Å²) in [6, 6.07) is 8.87. The molecule has 3 unspecified atom stereocenters. The monoisotopic (exact) mass is 295 g/mol. The van der Waals surface area contributed by atoms with E-state index in [2.05, 4.69) is 69.0 Å². The van der Waals surface area contributed by atoms with E-state index in [0.29, 0.717) is 16.5 Å². The van der Waals surface area contributed by atoms with Gasteiger partial charge in [-0.1, -0.05) is 39.8 Å². The number of nitrogens with one attached hydrogen (secondary N) is 1. The SMILES string of the molecule is CCCNC(c1ccc(OC)cc1)C(C)SC(C)CC. The van der Waals surface area contributed by atoms with Crippen molar-refractivity contribution >= 4 is 11.8 Å². The molecule has 0 aliphatic heterocycles. The van der Waals surface area contributed by atoms with Gasteiger partial charge in [0.05, 0.1) is 7.11 Å². The fourth-order valence-electron chi connectivity index (χ4n) is 2.21. The van der Waals surface area contributed by atoms with Crippen LogP contribution >= 0.6 is 11.8 Å². The highest BCUT2D eigenvalue weighted by Crippen LogP contribution is 2.31. The lowest BCUT2D eigenvalue weighted by Crippen LogP contribution is -2.30. The molecule has 3 heteroatoms. The summed E-state index contributed by atoms with van der Waals surface area (Å²) in [6.45, 7) is 10.2. The Hall–Kier alpha value is -0.670. The van der Waals surface area contributed by atoms with Gasteiger partial charge < -0.3 is 10.1 Å². The quantitative estimate of drug-likeness (QED) is 0.716. The molecule has 2 nitrogen and oxygen atoms in total. The molecule has 0 saturated heterocycles. The summed E-state index contributed by atoms with van der Waals surface area (Å²) in [5, 5.41) is 4.95. The van der Waals surface area contributed by atoms with Crippen molar-refractivity contribution < 1.29 is 4.74 Å². The van der Waals surface area contributed by atoms with Crippen molar-refractivity contribution in [1.82, 2.24) is 5.32 Å². The molecular weight excluding hydrogens is 266 g/mol. The molecule has 1 rings (SSSR count). The van der Waals surface area contributed by atoms with Crippen LogP contribution in [-0.2, 0) is 0 Å². The molecule has 1 N–H and O–H groups in total. The summed E-state index contributed by atoms with van der Waals surface area (Å²) in [5.41, 5.74) is 1.35. The Balaban J connectivity index is 2.80. The van der Waals surface area contributed by atoms with Crippen molar-refractivity contribution in [3.8, 4) is 5.75 Å². The lowest BCUT2D eigenvalue weighted by molar-refractivity contribution is 0.414. The maximum Gasteiger partial charge on any atom is 0.118 e. The maximum absolute atomic E-state index is 5.25. The minimum absolute atomic E-state index is 0.403. The minimum Gasteiger partial charge on any atom is -0.497 e.